The lowest BCUT2D eigenvalue weighted by molar-refractivity contribution is 0.0531. The number of hydrogen-bond acceptors (Lipinski definition) is 8. The van der Waals surface area contributed by atoms with Gasteiger partial charge in [0.15, 0.2) is 4.34 Å². The maximum atomic E-state index is 12.7. The molecule has 9 heteroatoms. The molecule has 1 unspecified atom stereocenters. The van der Waals surface area contributed by atoms with Gasteiger partial charge in [0.25, 0.3) is 5.56 Å². The van der Waals surface area contributed by atoms with Crippen molar-refractivity contribution >= 4 is 50.6 Å². The number of ether oxygens (including phenoxy) is 1. The highest BCUT2D eigenvalue weighted by Gasteiger charge is 2.22. The molecule has 1 N–H and O–H groups in total. The van der Waals surface area contributed by atoms with Crippen LogP contribution in [0.3, 0.4) is 0 Å². The number of H-pyrrole nitrogens is 1. The van der Waals surface area contributed by atoms with Gasteiger partial charge < -0.3 is 9.72 Å². The molecular weight excluding hydrogens is 438 g/mol. The van der Waals surface area contributed by atoms with Crippen molar-refractivity contribution in [1.29, 1.82) is 0 Å². The van der Waals surface area contributed by atoms with E-state index in [-0.39, 0.29) is 17.4 Å². The number of nitrogens with zero attached hydrogens (tertiary/aromatic N) is 2. The summed E-state index contributed by atoms with van der Waals surface area (Å²) < 4.78 is 6.00. The van der Waals surface area contributed by atoms with Crippen LogP contribution in [-0.2, 0) is 4.74 Å². The van der Waals surface area contributed by atoms with Crippen LogP contribution in [0.5, 0.6) is 0 Å². The van der Waals surface area contributed by atoms with Crippen LogP contribution in [0, 0.1) is 6.92 Å². The molecule has 1 atom stereocenters. The van der Waals surface area contributed by atoms with E-state index in [4.69, 9.17) is 9.72 Å². The average molecular weight is 458 g/mol. The molecule has 4 rings (SSSR count). The Labute approximate surface area is 185 Å². The van der Waals surface area contributed by atoms with Crippen LogP contribution >= 0.6 is 34.4 Å². The second-order valence-electron chi connectivity index (χ2n) is 6.53. The summed E-state index contributed by atoms with van der Waals surface area (Å²) in [6.07, 6.45) is 0. The van der Waals surface area contributed by atoms with Gasteiger partial charge in [-0.15, -0.1) is 22.7 Å². The summed E-state index contributed by atoms with van der Waals surface area (Å²) >= 11 is 4.30. The van der Waals surface area contributed by atoms with Crippen LogP contribution < -0.4 is 5.56 Å². The Morgan fingerprint density at radius 3 is 2.77 bits per heavy atom. The van der Waals surface area contributed by atoms with Gasteiger partial charge in [-0.2, -0.15) is 0 Å². The van der Waals surface area contributed by atoms with Gasteiger partial charge in [-0.25, -0.2) is 14.8 Å². The number of thiophene rings is 1. The Hall–Kier alpha value is -2.49. The first-order valence-corrected chi connectivity index (χ1v) is 11.9. The number of fused-ring (bicyclic) bond motifs is 1. The van der Waals surface area contributed by atoms with E-state index in [1.54, 1.807) is 36.9 Å². The zero-order valence-electron chi connectivity index (χ0n) is 16.6. The zero-order chi connectivity index (χ0) is 21.3. The first-order chi connectivity index (χ1) is 14.5. The minimum Gasteiger partial charge on any atom is -0.462 e. The summed E-state index contributed by atoms with van der Waals surface area (Å²) in [7, 11) is 0. The number of aromatic nitrogens is 3. The lowest BCUT2D eigenvalue weighted by Gasteiger charge is -2.08. The second kappa shape index (κ2) is 8.71. The predicted molar refractivity (Wildman–Crippen MR) is 123 cm³/mol. The van der Waals surface area contributed by atoms with Crippen molar-refractivity contribution in [2.75, 3.05) is 6.61 Å². The number of carbonyl (C=O) groups excluding carboxylic acids is 1. The number of thiazole rings is 1. The Morgan fingerprint density at radius 1 is 1.27 bits per heavy atom. The maximum Gasteiger partial charge on any atom is 0.348 e. The molecule has 0 aliphatic rings. The third-order valence-electron chi connectivity index (χ3n) is 4.50. The summed E-state index contributed by atoms with van der Waals surface area (Å²) in [4.78, 5) is 38.0. The van der Waals surface area contributed by atoms with Crippen molar-refractivity contribution in [3.05, 3.63) is 62.3 Å². The van der Waals surface area contributed by atoms with Gasteiger partial charge in [0, 0.05) is 10.9 Å². The molecule has 3 aromatic heterocycles. The molecule has 4 aromatic rings. The van der Waals surface area contributed by atoms with Crippen LogP contribution in [-0.4, -0.2) is 27.5 Å². The lowest BCUT2D eigenvalue weighted by atomic mass is 10.2. The summed E-state index contributed by atoms with van der Waals surface area (Å²) in [5.41, 5.74) is 2.37. The Balaban J connectivity index is 1.61. The van der Waals surface area contributed by atoms with E-state index in [0.717, 1.165) is 15.6 Å². The number of thioether (sulfide) groups is 1. The lowest BCUT2D eigenvalue weighted by Crippen LogP contribution is -2.12. The van der Waals surface area contributed by atoms with Crippen LogP contribution in [0.4, 0.5) is 0 Å². The molecule has 30 heavy (non-hydrogen) atoms. The van der Waals surface area contributed by atoms with Crippen LogP contribution in [0.15, 0.2) is 44.8 Å². The van der Waals surface area contributed by atoms with E-state index < -0.39 is 5.97 Å². The van der Waals surface area contributed by atoms with Gasteiger partial charge in [-0.1, -0.05) is 42.1 Å². The number of nitrogens with one attached hydrogen (secondary N) is 1. The van der Waals surface area contributed by atoms with Crippen LogP contribution in [0.1, 0.15) is 40.2 Å². The quantitative estimate of drug-likeness (QED) is 0.306. The topological polar surface area (TPSA) is 84.9 Å². The highest BCUT2D eigenvalue weighted by atomic mass is 32.2. The zero-order valence-corrected chi connectivity index (χ0v) is 19.0. The normalized spacial score (nSPS) is 12.2. The molecule has 0 fully saturated rings. The minimum absolute atomic E-state index is 0.106. The highest BCUT2D eigenvalue weighted by molar-refractivity contribution is 8.01. The van der Waals surface area contributed by atoms with Crippen molar-refractivity contribution in [3.63, 3.8) is 0 Å². The Morgan fingerprint density at radius 2 is 2.03 bits per heavy atom. The van der Waals surface area contributed by atoms with E-state index in [0.29, 0.717) is 26.5 Å². The molecule has 0 bridgehead atoms. The number of aromatic amines is 1. The van der Waals surface area contributed by atoms with Crippen molar-refractivity contribution in [2.24, 2.45) is 0 Å². The number of carbonyl (C=O) groups is 1. The fraction of sp³-hybridized carbons (Fsp3) is 0.238. The fourth-order valence-electron chi connectivity index (χ4n) is 3.00. The summed E-state index contributed by atoms with van der Waals surface area (Å²) in [6.45, 7) is 5.77. The molecular formula is C21H19N3O3S3. The Kier molecular flexibility index (Phi) is 6.03. The molecule has 154 valence electrons. The average Bonchev–Trinajstić information content (AvgIpc) is 3.33. The summed E-state index contributed by atoms with van der Waals surface area (Å²) in [6, 6.07) is 10.0. The SMILES string of the molecule is CCOC(=O)c1sc2nc(C(C)Sc3nc(-c4ccccc4)cs3)[nH]c(=O)c2c1C. The molecule has 0 aliphatic carbocycles. The van der Waals surface area contributed by atoms with Crippen molar-refractivity contribution < 1.29 is 9.53 Å². The van der Waals surface area contributed by atoms with Gasteiger partial charge in [0.05, 0.1) is 22.9 Å². The summed E-state index contributed by atoms with van der Waals surface area (Å²) in [5.74, 6) is 0.142. The third kappa shape index (κ3) is 4.05. The first kappa shape index (κ1) is 20.8. The van der Waals surface area contributed by atoms with E-state index in [1.807, 2.05) is 42.6 Å². The largest absolute Gasteiger partial charge is 0.462 e. The number of rotatable bonds is 6. The first-order valence-electron chi connectivity index (χ1n) is 9.36. The molecule has 0 saturated heterocycles. The predicted octanol–water partition coefficient (Wildman–Crippen LogP) is 5.45. The molecule has 0 radical (unpaired) electrons. The van der Waals surface area contributed by atoms with Crippen LogP contribution in [0.25, 0.3) is 21.5 Å². The second-order valence-corrected chi connectivity index (χ2v) is 9.98. The maximum absolute atomic E-state index is 12.7. The van der Waals surface area contributed by atoms with Crippen molar-refractivity contribution in [3.8, 4) is 11.3 Å². The molecule has 0 aliphatic heterocycles. The number of aryl methyl sites for hydroxylation is 1. The standard InChI is InChI=1S/C21H19N3O3S3/c1-4-27-20(26)16-11(2)15-18(25)23-17(24-19(15)30-16)12(3)29-21-22-14(10-28-21)13-8-6-5-7-9-13/h5-10,12H,4H2,1-3H3,(H,23,24,25). The van der Waals surface area contributed by atoms with Crippen molar-refractivity contribution in [1.82, 2.24) is 15.0 Å². The molecule has 0 saturated carbocycles. The Bertz CT molecular complexity index is 1260. The van der Waals surface area contributed by atoms with E-state index in [9.17, 15) is 9.59 Å². The smallest absolute Gasteiger partial charge is 0.348 e. The molecule has 6 nitrogen and oxygen atoms in total. The van der Waals surface area contributed by atoms with Gasteiger partial charge >= 0.3 is 5.97 Å². The minimum atomic E-state index is -0.419. The highest BCUT2D eigenvalue weighted by Crippen LogP contribution is 2.37. The number of hydrogen-bond donors (Lipinski definition) is 1. The fourth-order valence-corrected chi connectivity index (χ4v) is 6.12. The van der Waals surface area contributed by atoms with Gasteiger partial charge in [-0.05, 0) is 26.3 Å². The third-order valence-corrected chi connectivity index (χ3v) is 7.74. The molecule has 0 amide bonds. The van der Waals surface area contributed by atoms with Gasteiger partial charge in [-0.3, -0.25) is 4.79 Å². The monoisotopic (exact) mass is 457 g/mol. The number of esters is 1. The number of benzene rings is 1. The summed E-state index contributed by atoms with van der Waals surface area (Å²) in [5, 5.41) is 2.37. The van der Waals surface area contributed by atoms with Crippen LogP contribution in [0.2, 0.25) is 0 Å². The van der Waals surface area contributed by atoms with E-state index in [2.05, 4.69) is 9.97 Å². The van der Waals surface area contributed by atoms with Gasteiger partial charge in [0.2, 0.25) is 0 Å². The van der Waals surface area contributed by atoms with Gasteiger partial charge in [0.1, 0.15) is 15.5 Å². The van der Waals surface area contributed by atoms with Crippen molar-refractivity contribution in [2.45, 2.75) is 30.4 Å². The molecule has 3 heterocycles. The van der Waals surface area contributed by atoms with E-state index in [1.165, 1.54) is 11.3 Å². The molecule has 1 aromatic carbocycles. The molecule has 0 spiro atoms. The van der Waals surface area contributed by atoms with E-state index >= 15 is 0 Å².